The zero-order chi connectivity index (χ0) is 16.9. The number of hydrogen-bond donors (Lipinski definition) is 1. The van der Waals surface area contributed by atoms with Crippen LogP contribution in [0.4, 0.5) is 5.82 Å². The molecule has 3 aromatic rings. The van der Waals surface area contributed by atoms with E-state index in [0.29, 0.717) is 6.42 Å². The lowest BCUT2D eigenvalue weighted by molar-refractivity contribution is -0.116. The fourth-order valence-corrected chi connectivity index (χ4v) is 3.63. The van der Waals surface area contributed by atoms with Gasteiger partial charge in [0, 0.05) is 18.5 Å². The van der Waals surface area contributed by atoms with Gasteiger partial charge in [-0.2, -0.15) is 5.10 Å². The number of nitrogens with one attached hydrogen (secondary N) is 1. The van der Waals surface area contributed by atoms with Crippen LogP contribution in [0.1, 0.15) is 44.2 Å². The Morgan fingerprint density at radius 3 is 2.88 bits per heavy atom. The summed E-state index contributed by atoms with van der Waals surface area (Å²) in [4.78, 5) is 16.7. The van der Waals surface area contributed by atoms with Gasteiger partial charge in [0.1, 0.15) is 5.82 Å². The Bertz CT molecular complexity index is 788. The first-order chi connectivity index (χ1) is 11.6. The van der Waals surface area contributed by atoms with E-state index < -0.39 is 0 Å². The first-order valence-corrected chi connectivity index (χ1v) is 9.13. The van der Waals surface area contributed by atoms with Gasteiger partial charge in [0.2, 0.25) is 5.91 Å². The molecule has 1 N–H and O–H groups in total. The molecule has 0 aliphatic carbocycles. The first-order valence-electron chi connectivity index (χ1n) is 8.31. The highest BCUT2D eigenvalue weighted by molar-refractivity contribution is 7.18. The van der Waals surface area contributed by atoms with Crippen LogP contribution in [0.5, 0.6) is 0 Å². The third-order valence-electron chi connectivity index (χ3n) is 3.81. The second kappa shape index (κ2) is 7.57. The van der Waals surface area contributed by atoms with Crippen molar-refractivity contribution in [3.63, 3.8) is 0 Å². The van der Waals surface area contributed by atoms with Gasteiger partial charge < -0.3 is 5.32 Å². The van der Waals surface area contributed by atoms with Crippen molar-refractivity contribution >= 4 is 33.3 Å². The molecule has 0 aliphatic heterocycles. The van der Waals surface area contributed by atoms with Crippen molar-refractivity contribution in [3.05, 3.63) is 41.5 Å². The van der Waals surface area contributed by atoms with Crippen LogP contribution >= 0.6 is 11.3 Å². The van der Waals surface area contributed by atoms with E-state index >= 15 is 0 Å². The monoisotopic (exact) mass is 342 g/mol. The number of para-hydroxylation sites is 1. The van der Waals surface area contributed by atoms with Gasteiger partial charge >= 0.3 is 0 Å². The van der Waals surface area contributed by atoms with E-state index in [2.05, 4.69) is 21.5 Å². The normalized spacial score (nSPS) is 11.3. The molecule has 1 aromatic carbocycles. The van der Waals surface area contributed by atoms with Crippen LogP contribution in [-0.4, -0.2) is 20.7 Å². The molecule has 5 nitrogen and oxygen atoms in total. The number of carbonyl (C=O) groups excluding carboxylic acids is 1. The zero-order valence-corrected chi connectivity index (χ0v) is 14.8. The van der Waals surface area contributed by atoms with E-state index in [1.807, 2.05) is 42.8 Å². The lowest BCUT2D eigenvalue weighted by Crippen LogP contribution is -2.16. The number of fused-ring (bicyclic) bond motifs is 1. The number of thiazole rings is 1. The second-order valence-electron chi connectivity index (χ2n) is 6.09. The van der Waals surface area contributed by atoms with Crippen LogP contribution in [0.3, 0.4) is 0 Å². The molecule has 24 heavy (non-hydrogen) atoms. The number of hydrogen-bond acceptors (Lipinski definition) is 4. The van der Waals surface area contributed by atoms with Gasteiger partial charge in [-0.1, -0.05) is 12.1 Å². The molecule has 2 heterocycles. The smallest absolute Gasteiger partial charge is 0.225 e. The summed E-state index contributed by atoms with van der Waals surface area (Å²) in [7, 11) is 0. The number of unbranched alkanes of at least 4 members (excludes halogenated alkanes) is 1. The molecule has 2 aromatic heterocycles. The van der Waals surface area contributed by atoms with Crippen molar-refractivity contribution < 1.29 is 4.79 Å². The Balaban J connectivity index is 1.44. The third-order valence-corrected chi connectivity index (χ3v) is 4.91. The van der Waals surface area contributed by atoms with Crippen molar-refractivity contribution in [3.8, 4) is 0 Å². The molecule has 0 spiro atoms. The Labute approximate surface area is 145 Å². The Hall–Kier alpha value is -2.21. The fraction of sp³-hybridized carbons (Fsp3) is 0.389. The SMILES string of the molecule is CC(C)n1nccc1NC(=O)CCCCc1nc2ccccc2s1. The Kier molecular flexibility index (Phi) is 5.25. The van der Waals surface area contributed by atoms with Crippen LogP contribution in [0, 0.1) is 0 Å². The minimum atomic E-state index is 0.0432. The van der Waals surface area contributed by atoms with Gasteiger partial charge in [0.05, 0.1) is 21.4 Å². The Morgan fingerprint density at radius 2 is 2.08 bits per heavy atom. The van der Waals surface area contributed by atoms with Crippen molar-refractivity contribution in [1.29, 1.82) is 0 Å². The van der Waals surface area contributed by atoms with E-state index in [4.69, 9.17) is 0 Å². The van der Waals surface area contributed by atoms with Gasteiger partial charge in [-0.25, -0.2) is 9.67 Å². The molecule has 0 bridgehead atoms. The number of aryl methyl sites for hydroxylation is 1. The highest BCUT2D eigenvalue weighted by Crippen LogP contribution is 2.23. The molecule has 126 valence electrons. The average molecular weight is 342 g/mol. The predicted molar refractivity (Wildman–Crippen MR) is 98.4 cm³/mol. The molecular weight excluding hydrogens is 320 g/mol. The number of carbonyl (C=O) groups is 1. The van der Waals surface area contributed by atoms with Gasteiger partial charge in [-0.15, -0.1) is 11.3 Å². The van der Waals surface area contributed by atoms with Crippen molar-refractivity contribution in [2.24, 2.45) is 0 Å². The molecule has 0 saturated heterocycles. The number of nitrogens with zero attached hydrogens (tertiary/aromatic N) is 3. The van der Waals surface area contributed by atoms with Crippen LogP contribution in [-0.2, 0) is 11.2 Å². The summed E-state index contributed by atoms with van der Waals surface area (Å²) in [5.41, 5.74) is 1.07. The standard InChI is InChI=1S/C18H22N4OS/c1-13(2)22-16(11-12-19-22)21-17(23)9-5-6-10-18-20-14-7-3-4-8-15(14)24-18/h3-4,7-8,11-13H,5-6,9-10H2,1-2H3,(H,21,23). The minimum absolute atomic E-state index is 0.0432. The summed E-state index contributed by atoms with van der Waals surface area (Å²) in [5, 5.41) is 8.31. The molecular formula is C18H22N4OS. The first kappa shape index (κ1) is 16.6. The van der Waals surface area contributed by atoms with E-state index in [9.17, 15) is 4.79 Å². The molecule has 0 unspecified atom stereocenters. The lowest BCUT2D eigenvalue weighted by Gasteiger charge is -2.11. The molecule has 0 aliphatic rings. The largest absolute Gasteiger partial charge is 0.311 e. The third kappa shape index (κ3) is 4.00. The summed E-state index contributed by atoms with van der Waals surface area (Å²) in [5.74, 6) is 0.808. The van der Waals surface area contributed by atoms with Crippen molar-refractivity contribution in [2.75, 3.05) is 5.32 Å². The van der Waals surface area contributed by atoms with Crippen LogP contribution in [0.25, 0.3) is 10.2 Å². The molecule has 3 rings (SSSR count). The summed E-state index contributed by atoms with van der Waals surface area (Å²) in [6, 6.07) is 10.3. The predicted octanol–water partition coefficient (Wildman–Crippen LogP) is 4.43. The molecule has 0 radical (unpaired) electrons. The summed E-state index contributed by atoms with van der Waals surface area (Å²) >= 11 is 1.74. The van der Waals surface area contributed by atoms with Gasteiger partial charge in [0.25, 0.3) is 0 Å². The van der Waals surface area contributed by atoms with Crippen molar-refractivity contribution in [1.82, 2.24) is 14.8 Å². The number of anilines is 1. The zero-order valence-electron chi connectivity index (χ0n) is 14.0. The summed E-state index contributed by atoms with van der Waals surface area (Å²) in [6.07, 6.45) is 4.99. The number of aromatic nitrogens is 3. The van der Waals surface area contributed by atoms with Gasteiger partial charge in [-0.3, -0.25) is 4.79 Å². The molecule has 1 amide bonds. The maximum atomic E-state index is 12.1. The number of amides is 1. The number of rotatable bonds is 7. The van der Waals surface area contributed by atoms with Gasteiger partial charge in [0.15, 0.2) is 0 Å². The molecule has 0 saturated carbocycles. The highest BCUT2D eigenvalue weighted by Gasteiger charge is 2.09. The topological polar surface area (TPSA) is 59.8 Å². The molecule has 0 fully saturated rings. The number of benzene rings is 1. The highest BCUT2D eigenvalue weighted by atomic mass is 32.1. The van der Waals surface area contributed by atoms with E-state index in [0.717, 1.165) is 35.6 Å². The minimum Gasteiger partial charge on any atom is -0.311 e. The summed E-state index contributed by atoms with van der Waals surface area (Å²) < 4.78 is 3.05. The second-order valence-corrected chi connectivity index (χ2v) is 7.20. The average Bonchev–Trinajstić information content (AvgIpc) is 3.17. The van der Waals surface area contributed by atoms with E-state index in [-0.39, 0.29) is 11.9 Å². The quantitative estimate of drug-likeness (QED) is 0.646. The fourth-order valence-electron chi connectivity index (χ4n) is 2.62. The van der Waals surface area contributed by atoms with Gasteiger partial charge in [-0.05, 0) is 45.2 Å². The van der Waals surface area contributed by atoms with Crippen molar-refractivity contribution in [2.45, 2.75) is 45.6 Å². The maximum Gasteiger partial charge on any atom is 0.225 e. The lowest BCUT2D eigenvalue weighted by atomic mass is 10.2. The van der Waals surface area contributed by atoms with Crippen LogP contribution in [0.2, 0.25) is 0 Å². The molecule has 6 heteroatoms. The Morgan fingerprint density at radius 1 is 1.25 bits per heavy atom. The molecule has 0 atom stereocenters. The van der Waals surface area contributed by atoms with E-state index in [1.165, 1.54) is 4.70 Å². The van der Waals surface area contributed by atoms with E-state index in [1.54, 1.807) is 17.5 Å². The summed E-state index contributed by atoms with van der Waals surface area (Å²) in [6.45, 7) is 4.08. The maximum absolute atomic E-state index is 12.1. The van der Waals surface area contributed by atoms with Crippen LogP contribution < -0.4 is 5.32 Å². The van der Waals surface area contributed by atoms with Crippen LogP contribution in [0.15, 0.2) is 36.5 Å².